The van der Waals surface area contributed by atoms with Crippen molar-refractivity contribution in [2.45, 2.75) is 26.4 Å². The second kappa shape index (κ2) is 4.58. The Morgan fingerprint density at radius 2 is 1.93 bits per heavy atom. The Hall–Kier alpha value is -0.480. The van der Waals surface area contributed by atoms with E-state index < -0.39 is 18.9 Å². The molecule has 0 amide bonds. The van der Waals surface area contributed by atoms with Gasteiger partial charge in [0.2, 0.25) is 0 Å². The van der Waals surface area contributed by atoms with Crippen LogP contribution in [-0.2, 0) is 9.53 Å². The van der Waals surface area contributed by atoms with Gasteiger partial charge in [-0.3, -0.25) is 0 Å². The number of hydrogen-bond acceptors (Lipinski definition) is 5. The summed E-state index contributed by atoms with van der Waals surface area (Å²) in [5, 5.41) is 0. The SMILES string of the molecule is C=C(C)C(=O)OCC(C)P(O)(O)(O)CC. The normalized spacial score (nSPS) is 16.3. The Morgan fingerprint density at radius 1 is 1.47 bits per heavy atom. The van der Waals surface area contributed by atoms with E-state index in [9.17, 15) is 19.5 Å². The van der Waals surface area contributed by atoms with E-state index in [0.29, 0.717) is 0 Å². The average Bonchev–Trinajstić information content (AvgIpc) is 2.12. The molecule has 90 valence electrons. The van der Waals surface area contributed by atoms with E-state index in [1.165, 1.54) is 20.8 Å². The van der Waals surface area contributed by atoms with Gasteiger partial charge in [0.15, 0.2) is 0 Å². The summed E-state index contributed by atoms with van der Waals surface area (Å²) in [5.41, 5.74) is -0.655. The van der Waals surface area contributed by atoms with Crippen LogP contribution in [0.2, 0.25) is 0 Å². The molecule has 0 saturated carbocycles. The molecule has 0 radical (unpaired) electrons. The van der Waals surface area contributed by atoms with Crippen molar-refractivity contribution < 1.29 is 24.2 Å². The predicted molar refractivity (Wildman–Crippen MR) is 59.4 cm³/mol. The molecule has 0 rings (SSSR count). The van der Waals surface area contributed by atoms with E-state index in [1.54, 1.807) is 0 Å². The van der Waals surface area contributed by atoms with Crippen LogP contribution in [0.3, 0.4) is 0 Å². The second-order valence-electron chi connectivity index (χ2n) is 3.77. The zero-order chi connectivity index (χ0) is 12.3. The standard InChI is InChI=1S/C9H19O5P/c1-5-15(11,12,13)8(4)6-14-9(10)7(2)3/h8,11-13H,2,5-6H2,1,3-4H3. The second-order valence-corrected chi connectivity index (χ2v) is 7.72. The maximum absolute atomic E-state index is 11.0. The van der Waals surface area contributed by atoms with Crippen LogP contribution in [0.4, 0.5) is 0 Å². The Labute approximate surface area is 89.6 Å². The van der Waals surface area contributed by atoms with Crippen molar-refractivity contribution in [3.05, 3.63) is 12.2 Å². The first-order valence-electron chi connectivity index (χ1n) is 4.67. The Balaban J connectivity index is 4.34. The van der Waals surface area contributed by atoms with Crippen LogP contribution in [0.5, 0.6) is 0 Å². The molecule has 0 aliphatic heterocycles. The van der Waals surface area contributed by atoms with E-state index in [4.69, 9.17) is 4.74 Å². The molecule has 3 N–H and O–H groups in total. The molecule has 0 aromatic heterocycles. The molecule has 0 heterocycles. The molecule has 0 aliphatic rings. The summed E-state index contributed by atoms with van der Waals surface area (Å²) < 4.78 is 4.73. The van der Waals surface area contributed by atoms with Crippen LogP contribution >= 0.6 is 7.28 Å². The van der Waals surface area contributed by atoms with Crippen LogP contribution in [0, 0.1) is 0 Å². The first kappa shape index (κ1) is 14.5. The van der Waals surface area contributed by atoms with Crippen molar-refractivity contribution in [1.82, 2.24) is 0 Å². The molecular formula is C9H19O5P. The Kier molecular flexibility index (Phi) is 4.43. The minimum absolute atomic E-state index is 0.155. The summed E-state index contributed by atoms with van der Waals surface area (Å²) in [5.74, 6) is -0.607. The van der Waals surface area contributed by atoms with Gasteiger partial charge in [-0.1, -0.05) is 0 Å². The van der Waals surface area contributed by atoms with Gasteiger partial charge in [0, 0.05) is 0 Å². The van der Waals surface area contributed by atoms with Gasteiger partial charge in [-0.05, 0) is 0 Å². The van der Waals surface area contributed by atoms with Crippen molar-refractivity contribution in [3.63, 3.8) is 0 Å². The molecule has 0 aromatic rings. The zero-order valence-corrected chi connectivity index (χ0v) is 10.2. The third-order valence-corrected chi connectivity index (χ3v) is 5.48. The van der Waals surface area contributed by atoms with Gasteiger partial charge in [-0.2, -0.15) is 0 Å². The van der Waals surface area contributed by atoms with E-state index in [-0.39, 0.29) is 18.3 Å². The van der Waals surface area contributed by atoms with Gasteiger partial charge in [0.05, 0.1) is 0 Å². The van der Waals surface area contributed by atoms with Crippen LogP contribution in [0.15, 0.2) is 12.2 Å². The number of hydrogen-bond donors (Lipinski definition) is 3. The van der Waals surface area contributed by atoms with Gasteiger partial charge in [-0.15, -0.1) is 0 Å². The number of rotatable bonds is 5. The average molecular weight is 238 g/mol. The summed E-state index contributed by atoms with van der Waals surface area (Å²) in [4.78, 5) is 39.6. The fourth-order valence-electron chi connectivity index (χ4n) is 0.784. The molecule has 0 bridgehead atoms. The number of carbonyl (C=O) groups excluding carboxylic acids is 1. The monoisotopic (exact) mass is 238 g/mol. The minimum atomic E-state index is -4.65. The molecule has 5 nitrogen and oxygen atoms in total. The van der Waals surface area contributed by atoms with Crippen LogP contribution in [0.25, 0.3) is 0 Å². The van der Waals surface area contributed by atoms with Crippen LogP contribution in [-0.4, -0.2) is 39.1 Å². The summed E-state index contributed by atoms with van der Waals surface area (Å²) in [6.07, 6.45) is -0.155. The van der Waals surface area contributed by atoms with E-state index in [0.717, 1.165) is 0 Å². The van der Waals surface area contributed by atoms with Gasteiger partial charge in [0.25, 0.3) is 0 Å². The predicted octanol–water partition coefficient (Wildman–Crippen LogP) is 0.789. The third-order valence-electron chi connectivity index (χ3n) is 2.31. The zero-order valence-electron chi connectivity index (χ0n) is 9.30. The summed E-state index contributed by atoms with van der Waals surface area (Å²) in [7, 11) is -4.65. The molecule has 1 atom stereocenters. The molecule has 15 heavy (non-hydrogen) atoms. The first-order chi connectivity index (χ1) is 6.58. The number of carbonyl (C=O) groups is 1. The van der Waals surface area contributed by atoms with Crippen molar-refractivity contribution in [3.8, 4) is 0 Å². The topological polar surface area (TPSA) is 87.0 Å². The molecule has 0 saturated heterocycles. The van der Waals surface area contributed by atoms with E-state index in [2.05, 4.69) is 6.58 Å². The number of ether oxygens (including phenoxy) is 1. The summed E-state index contributed by atoms with van der Waals surface area (Å²) >= 11 is 0. The van der Waals surface area contributed by atoms with Crippen molar-refractivity contribution in [1.29, 1.82) is 0 Å². The summed E-state index contributed by atoms with van der Waals surface area (Å²) in [6.45, 7) is 7.53. The fraction of sp³-hybridized carbons (Fsp3) is 0.667. The van der Waals surface area contributed by atoms with Crippen molar-refractivity contribution in [2.24, 2.45) is 0 Å². The van der Waals surface area contributed by atoms with Gasteiger partial charge >= 0.3 is 88.8 Å². The molecule has 0 fully saturated rings. The molecular weight excluding hydrogens is 219 g/mol. The Morgan fingerprint density at radius 3 is 2.27 bits per heavy atom. The van der Waals surface area contributed by atoms with Gasteiger partial charge in [-0.25, -0.2) is 0 Å². The third kappa shape index (κ3) is 4.26. The van der Waals surface area contributed by atoms with Crippen LogP contribution in [0.1, 0.15) is 20.8 Å². The van der Waals surface area contributed by atoms with Gasteiger partial charge in [0.1, 0.15) is 0 Å². The van der Waals surface area contributed by atoms with Crippen molar-refractivity contribution >= 4 is 13.3 Å². The number of esters is 1. The van der Waals surface area contributed by atoms with Crippen molar-refractivity contribution in [2.75, 3.05) is 12.8 Å². The van der Waals surface area contributed by atoms with Gasteiger partial charge < -0.3 is 0 Å². The molecule has 0 spiro atoms. The molecule has 0 aromatic carbocycles. The fourth-order valence-corrected chi connectivity index (χ4v) is 1.79. The van der Waals surface area contributed by atoms with E-state index in [1.807, 2.05) is 0 Å². The van der Waals surface area contributed by atoms with Crippen LogP contribution < -0.4 is 0 Å². The quantitative estimate of drug-likeness (QED) is 0.374. The Bertz CT molecular complexity index is 265. The molecule has 1 unspecified atom stereocenters. The maximum atomic E-state index is 11.0. The summed E-state index contributed by atoms with van der Waals surface area (Å²) in [6, 6.07) is 0. The van der Waals surface area contributed by atoms with E-state index >= 15 is 0 Å². The first-order valence-corrected chi connectivity index (χ1v) is 7.02. The molecule has 0 aliphatic carbocycles. The molecule has 6 heteroatoms.